The van der Waals surface area contributed by atoms with Crippen molar-refractivity contribution in [3.63, 3.8) is 0 Å². The number of nitrogens with zero attached hydrogens (tertiary/aromatic N) is 4. The van der Waals surface area contributed by atoms with E-state index >= 15 is 0 Å². The smallest absolute Gasteiger partial charge is 0.416 e. The van der Waals surface area contributed by atoms with Gasteiger partial charge in [0.05, 0.1) is 28.8 Å². The number of allylic oxidation sites excluding steroid dienone is 1. The Morgan fingerprint density at radius 1 is 1.08 bits per heavy atom. The molecule has 0 aliphatic carbocycles. The highest BCUT2D eigenvalue weighted by molar-refractivity contribution is 9.10. The first kappa shape index (κ1) is 23.5. The molecule has 2 aliphatic heterocycles. The summed E-state index contributed by atoms with van der Waals surface area (Å²) in [5.41, 5.74) is 2.37. The molecule has 182 valence electrons. The maximum Gasteiger partial charge on any atom is 0.416 e. The average Bonchev–Trinajstić information content (AvgIpc) is 3.49. The summed E-state index contributed by atoms with van der Waals surface area (Å²) < 4.78 is 19.6. The fourth-order valence-corrected chi connectivity index (χ4v) is 4.41. The Labute approximate surface area is 213 Å². The number of hydrogen-bond donors (Lipinski definition) is 1. The first-order chi connectivity index (χ1) is 17.3. The van der Waals surface area contributed by atoms with Crippen LogP contribution in [-0.4, -0.2) is 39.9 Å². The number of nitro groups is 1. The molecule has 1 atom stereocenters. The summed E-state index contributed by atoms with van der Waals surface area (Å²) in [5.74, 6) is -1.52. The number of ether oxygens (including phenoxy) is 1. The second-order valence-electron chi connectivity index (χ2n) is 8.04. The number of hydrazone groups is 1. The summed E-state index contributed by atoms with van der Waals surface area (Å²) in [6, 6.07) is 18.8. The Morgan fingerprint density at radius 3 is 2.33 bits per heavy atom. The molecule has 5 rings (SSSR count). The van der Waals surface area contributed by atoms with Gasteiger partial charge >= 0.3 is 6.09 Å². The van der Waals surface area contributed by atoms with E-state index in [0.717, 1.165) is 9.37 Å². The van der Waals surface area contributed by atoms with Crippen LogP contribution >= 0.6 is 15.9 Å². The lowest BCUT2D eigenvalue weighted by molar-refractivity contribution is -0.384. The molecule has 0 unspecified atom stereocenters. The number of amides is 1. The summed E-state index contributed by atoms with van der Waals surface area (Å²) in [6.07, 6.45) is -0.701. The van der Waals surface area contributed by atoms with E-state index in [1.807, 2.05) is 0 Å². The zero-order chi connectivity index (χ0) is 25.4. The van der Waals surface area contributed by atoms with Crippen LogP contribution in [0.1, 0.15) is 17.0 Å². The lowest BCUT2D eigenvalue weighted by Gasteiger charge is -2.24. The van der Waals surface area contributed by atoms with E-state index in [4.69, 9.17) is 9.84 Å². The van der Waals surface area contributed by atoms with E-state index in [2.05, 4.69) is 15.9 Å². The van der Waals surface area contributed by atoms with E-state index in [-0.39, 0.29) is 30.4 Å². The molecule has 9 nitrogen and oxygen atoms in total. The van der Waals surface area contributed by atoms with Gasteiger partial charge in [-0.15, -0.1) is 0 Å². The Hall–Kier alpha value is -4.25. The van der Waals surface area contributed by atoms with Gasteiger partial charge in [-0.2, -0.15) is 5.10 Å². The second kappa shape index (κ2) is 9.42. The van der Waals surface area contributed by atoms with Gasteiger partial charge in [-0.3, -0.25) is 10.1 Å². The number of carbonyl (C=O) groups is 1. The summed E-state index contributed by atoms with van der Waals surface area (Å²) in [5, 5.41) is 28.9. The highest BCUT2D eigenvalue weighted by Crippen LogP contribution is 2.42. The fraction of sp³-hybridized carbons (Fsp3) is 0.120. The SMILES string of the molecule is O=C1OCCN1/C(O)=C1/[C@H](c2ccc([N+](=O)[O-])cc2)C(c2ccc(F)cc2)=NN1c1ccc(Br)cc1. The number of non-ortho nitro benzene ring substituents is 1. The van der Waals surface area contributed by atoms with Crippen molar-refractivity contribution in [2.75, 3.05) is 18.2 Å². The summed E-state index contributed by atoms with van der Waals surface area (Å²) in [4.78, 5) is 24.2. The fourth-order valence-electron chi connectivity index (χ4n) is 4.15. The second-order valence-corrected chi connectivity index (χ2v) is 8.95. The summed E-state index contributed by atoms with van der Waals surface area (Å²) in [7, 11) is 0. The molecule has 2 heterocycles. The van der Waals surface area contributed by atoms with Crippen LogP contribution in [0.4, 0.5) is 20.6 Å². The van der Waals surface area contributed by atoms with Crippen molar-refractivity contribution < 1.29 is 24.0 Å². The number of carbonyl (C=O) groups excluding carboxylic acids is 1. The summed E-state index contributed by atoms with van der Waals surface area (Å²) >= 11 is 3.41. The third-order valence-electron chi connectivity index (χ3n) is 5.88. The third kappa shape index (κ3) is 4.29. The number of aliphatic hydroxyl groups is 1. The van der Waals surface area contributed by atoms with E-state index in [9.17, 15) is 24.4 Å². The van der Waals surface area contributed by atoms with Crippen molar-refractivity contribution >= 4 is 39.1 Å². The molecular formula is C25H18BrFN4O5. The minimum absolute atomic E-state index is 0.0975. The number of aliphatic hydroxyl groups excluding tert-OH is 1. The molecule has 0 radical (unpaired) electrons. The van der Waals surface area contributed by atoms with E-state index in [1.54, 1.807) is 48.5 Å². The van der Waals surface area contributed by atoms with Crippen molar-refractivity contribution in [3.05, 3.63) is 116 Å². The molecular weight excluding hydrogens is 535 g/mol. The number of hydrogen-bond acceptors (Lipinski definition) is 7. The number of nitro benzene ring substituents is 1. The van der Waals surface area contributed by atoms with Gasteiger partial charge in [0.15, 0.2) is 0 Å². The van der Waals surface area contributed by atoms with Gasteiger partial charge in [-0.25, -0.2) is 19.1 Å². The number of anilines is 1. The maximum atomic E-state index is 13.7. The van der Waals surface area contributed by atoms with E-state index in [1.165, 1.54) is 29.3 Å². The van der Waals surface area contributed by atoms with Gasteiger partial charge in [0.25, 0.3) is 5.69 Å². The minimum Gasteiger partial charge on any atom is -0.493 e. The predicted octanol–water partition coefficient (Wildman–Crippen LogP) is 5.68. The van der Waals surface area contributed by atoms with Crippen molar-refractivity contribution in [3.8, 4) is 0 Å². The molecule has 0 bridgehead atoms. The summed E-state index contributed by atoms with van der Waals surface area (Å²) in [6.45, 7) is 0.254. The number of halogens is 2. The van der Waals surface area contributed by atoms with Crippen LogP contribution in [0.25, 0.3) is 0 Å². The molecule has 2 aliphatic rings. The van der Waals surface area contributed by atoms with Crippen LogP contribution < -0.4 is 5.01 Å². The largest absolute Gasteiger partial charge is 0.493 e. The van der Waals surface area contributed by atoms with E-state index < -0.39 is 22.8 Å². The van der Waals surface area contributed by atoms with Crippen LogP contribution in [-0.2, 0) is 4.74 Å². The molecule has 0 saturated carbocycles. The highest BCUT2D eigenvalue weighted by Gasteiger charge is 2.41. The van der Waals surface area contributed by atoms with Gasteiger partial charge in [0, 0.05) is 16.6 Å². The van der Waals surface area contributed by atoms with Crippen LogP contribution in [0.15, 0.2) is 94.0 Å². The lowest BCUT2D eigenvalue weighted by Crippen LogP contribution is -2.29. The minimum atomic E-state index is -0.742. The van der Waals surface area contributed by atoms with Crippen molar-refractivity contribution in [1.82, 2.24) is 4.90 Å². The molecule has 1 N–H and O–H groups in total. The van der Waals surface area contributed by atoms with Crippen LogP contribution in [0.3, 0.4) is 0 Å². The quantitative estimate of drug-likeness (QED) is 0.247. The number of benzene rings is 3. The molecule has 0 spiro atoms. The van der Waals surface area contributed by atoms with Crippen molar-refractivity contribution in [2.24, 2.45) is 5.10 Å². The van der Waals surface area contributed by atoms with Crippen LogP contribution in [0.2, 0.25) is 0 Å². The van der Waals surface area contributed by atoms with E-state index in [0.29, 0.717) is 22.5 Å². The first-order valence-electron chi connectivity index (χ1n) is 10.9. The number of cyclic esters (lactones) is 1. The maximum absolute atomic E-state index is 13.7. The topological polar surface area (TPSA) is 109 Å². The molecule has 36 heavy (non-hydrogen) atoms. The molecule has 11 heteroatoms. The normalized spacial score (nSPS) is 18.8. The number of rotatable bonds is 5. The monoisotopic (exact) mass is 552 g/mol. The third-order valence-corrected chi connectivity index (χ3v) is 6.41. The van der Waals surface area contributed by atoms with Gasteiger partial charge < -0.3 is 9.84 Å². The standard InChI is InChI=1S/C25H18BrFN4O5/c26-17-5-11-19(12-6-17)30-23(24(32)29-13-14-36-25(29)33)21(15-3-9-20(10-4-15)31(34)35)22(28-30)16-1-7-18(27)8-2-16/h1-12,21,32H,13-14H2/b24-23+/t21-/m1/s1. The first-order valence-corrected chi connectivity index (χ1v) is 11.6. The Morgan fingerprint density at radius 2 is 1.75 bits per heavy atom. The molecule has 1 fully saturated rings. The Bertz CT molecular complexity index is 1390. The average molecular weight is 553 g/mol. The van der Waals surface area contributed by atoms with Crippen molar-refractivity contribution in [1.29, 1.82) is 0 Å². The molecule has 3 aromatic rings. The van der Waals surface area contributed by atoms with Gasteiger partial charge in [-0.1, -0.05) is 40.2 Å². The van der Waals surface area contributed by atoms with Crippen molar-refractivity contribution in [2.45, 2.75) is 5.92 Å². The Balaban J connectivity index is 1.73. The van der Waals surface area contributed by atoms with Gasteiger partial charge in [0.1, 0.15) is 18.1 Å². The van der Waals surface area contributed by atoms with Crippen LogP contribution in [0, 0.1) is 15.9 Å². The van der Waals surface area contributed by atoms with Gasteiger partial charge in [0.2, 0.25) is 5.88 Å². The molecule has 1 amide bonds. The predicted molar refractivity (Wildman–Crippen MR) is 133 cm³/mol. The lowest BCUT2D eigenvalue weighted by atomic mass is 9.87. The zero-order valence-corrected chi connectivity index (χ0v) is 20.1. The highest BCUT2D eigenvalue weighted by atomic mass is 79.9. The molecule has 0 aromatic heterocycles. The van der Waals surface area contributed by atoms with Gasteiger partial charge in [-0.05, 0) is 47.5 Å². The molecule has 3 aromatic carbocycles. The van der Waals surface area contributed by atoms with Crippen LogP contribution in [0.5, 0.6) is 0 Å². The zero-order valence-electron chi connectivity index (χ0n) is 18.5. The Kier molecular flexibility index (Phi) is 6.15. The molecule has 1 saturated heterocycles.